The van der Waals surface area contributed by atoms with Gasteiger partial charge in [0.1, 0.15) is 0 Å². The van der Waals surface area contributed by atoms with Crippen molar-refractivity contribution in [3.63, 3.8) is 0 Å². The summed E-state index contributed by atoms with van der Waals surface area (Å²) in [6.07, 6.45) is 3.80. The van der Waals surface area contributed by atoms with Gasteiger partial charge in [-0.05, 0) is 32.0 Å². The first kappa shape index (κ1) is 22.6. The smallest absolute Gasteiger partial charge is 0.338 e. The van der Waals surface area contributed by atoms with Crippen LogP contribution in [0.4, 0.5) is 18.0 Å². The molecule has 3 rings (SSSR count). The van der Waals surface area contributed by atoms with Crippen LogP contribution in [0, 0.1) is 12.3 Å². The zero-order valence-corrected chi connectivity index (χ0v) is 17.0. The molecule has 2 amide bonds. The molecule has 0 spiro atoms. The highest BCUT2D eigenvalue weighted by Gasteiger charge is 2.63. The molecule has 0 saturated carbocycles. The largest absolute Gasteiger partial charge is 0.405 e. The molecule has 1 unspecified atom stereocenters. The van der Waals surface area contributed by atoms with Gasteiger partial charge in [0, 0.05) is 44.1 Å². The maximum atomic E-state index is 14.1. The van der Waals surface area contributed by atoms with Gasteiger partial charge in [0.2, 0.25) is 11.7 Å². The number of nitrogens with one attached hydrogen (secondary N) is 1. The number of pyridine rings is 1. The fourth-order valence-electron chi connectivity index (χ4n) is 3.44. The van der Waals surface area contributed by atoms with Gasteiger partial charge in [0.25, 0.3) is 0 Å². The van der Waals surface area contributed by atoms with Gasteiger partial charge in [-0.1, -0.05) is 11.1 Å². The molecule has 3 heterocycles. The fourth-order valence-corrected chi connectivity index (χ4v) is 3.44. The van der Waals surface area contributed by atoms with Crippen LogP contribution in [0.1, 0.15) is 18.7 Å². The van der Waals surface area contributed by atoms with E-state index in [0.717, 1.165) is 4.90 Å². The molecule has 1 saturated heterocycles. The normalized spacial score (nSPS) is 18.9. The summed E-state index contributed by atoms with van der Waals surface area (Å²) in [5.41, 5.74) is -1.92. The number of carbonyl (C=O) groups is 1. The number of halogens is 3. The summed E-state index contributed by atoms with van der Waals surface area (Å²) in [6.45, 7) is 0.819. The van der Waals surface area contributed by atoms with Gasteiger partial charge < -0.3 is 14.7 Å². The first-order valence-corrected chi connectivity index (χ1v) is 9.73. The summed E-state index contributed by atoms with van der Waals surface area (Å²) in [5, 5.41) is 6.36. The van der Waals surface area contributed by atoms with Crippen molar-refractivity contribution in [2.45, 2.75) is 24.4 Å². The average molecular weight is 436 g/mol. The van der Waals surface area contributed by atoms with Crippen LogP contribution in [-0.4, -0.2) is 76.9 Å². The van der Waals surface area contributed by atoms with E-state index >= 15 is 0 Å². The van der Waals surface area contributed by atoms with E-state index in [2.05, 4.69) is 26.4 Å². The minimum atomic E-state index is -4.66. The maximum Gasteiger partial charge on any atom is 0.405 e. The minimum absolute atomic E-state index is 0.0417. The molecule has 0 aliphatic carbocycles. The van der Waals surface area contributed by atoms with Gasteiger partial charge >= 0.3 is 12.2 Å². The van der Waals surface area contributed by atoms with Crippen molar-refractivity contribution < 1.29 is 22.5 Å². The van der Waals surface area contributed by atoms with Crippen molar-refractivity contribution in [2.24, 2.45) is 0 Å². The fraction of sp³-hybridized carbons (Fsp3) is 0.500. The van der Waals surface area contributed by atoms with Crippen molar-refractivity contribution in [1.29, 1.82) is 0 Å². The van der Waals surface area contributed by atoms with Crippen LogP contribution < -0.4 is 5.32 Å². The first-order valence-electron chi connectivity index (χ1n) is 9.73. The zero-order chi connectivity index (χ0) is 22.5. The molecule has 2 aromatic rings. The Morgan fingerprint density at radius 2 is 2.16 bits per heavy atom. The van der Waals surface area contributed by atoms with E-state index in [0.29, 0.717) is 31.6 Å². The zero-order valence-electron chi connectivity index (χ0n) is 17.0. The Hall–Kier alpha value is -3.13. The third-order valence-electron chi connectivity index (χ3n) is 5.23. The molecule has 166 valence electrons. The quantitative estimate of drug-likeness (QED) is 0.530. The summed E-state index contributed by atoms with van der Waals surface area (Å²) < 4.78 is 47.3. The van der Waals surface area contributed by atoms with Crippen LogP contribution in [0.15, 0.2) is 29.0 Å². The number of terminal acetylenes is 1. The number of nitrogens with zero attached hydrogens (tertiary/aromatic N) is 5. The van der Waals surface area contributed by atoms with E-state index < -0.39 is 30.1 Å². The number of aromatic nitrogens is 3. The Labute approximate surface area is 177 Å². The van der Waals surface area contributed by atoms with Crippen LogP contribution in [0.2, 0.25) is 0 Å². The van der Waals surface area contributed by atoms with E-state index in [1.165, 1.54) is 12.4 Å². The summed E-state index contributed by atoms with van der Waals surface area (Å²) in [6, 6.07) is 2.59. The highest BCUT2D eigenvalue weighted by Crippen LogP contribution is 2.47. The second kappa shape index (κ2) is 9.34. The standard InChI is InChI=1S/C20H23F3N6O2/c1-3-11-28(2)12-4-8-25-18(30)29-13-7-19(14-29,20(21,22)23)17-26-16(27-31-17)15-5-9-24-10-6-15/h1,5-6,9-10H,4,7-8,11-14H2,2H3,(H,25,30). The Bertz CT molecular complexity index is 927. The van der Waals surface area contributed by atoms with Crippen LogP contribution in [0.25, 0.3) is 11.4 Å². The van der Waals surface area contributed by atoms with Crippen LogP contribution in [0.3, 0.4) is 0 Å². The number of urea groups is 1. The van der Waals surface area contributed by atoms with E-state index in [1.807, 2.05) is 11.9 Å². The molecule has 1 atom stereocenters. The predicted molar refractivity (Wildman–Crippen MR) is 106 cm³/mol. The third-order valence-corrected chi connectivity index (χ3v) is 5.23. The molecule has 1 aliphatic rings. The molecule has 0 radical (unpaired) electrons. The minimum Gasteiger partial charge on any atom is -0.338 e. The summed E-state index contributed by atoms with van der Waals surface area (Å²) in [7, 11) is 1.85. The van der Waals surface area contributed by atoms with Gasteiger partial charge in [0.15, 0.2) is 5.41 Å². The average Bonchev–Trinajstić information content (AvgIpc) is 3.40. The second-order valence-electron chi connectivity index (χ2n) is 7.44. The number of carbonyl (C=O) groups excluding carboxylic acids is 1. The van der Waals surface area contributed by atoms with Gasteiger partial charge in [-0.3, -0.25) is 9.88 Å². The Morgan fingerprint density at radius 3 is 2.84 bits per heavy atom. The van der Waals surface area contributed by atoms with Gasteiger partial charge in [-0.2, -0.15) is 18.2 Å². The summed E-state index contributed by atoms with van der Waals surface area (Å²) >= 11 is 0. The van der Waals surface area contributed by atoms with Crippen molar-refractivity contribution in [2.75, 3.05) is 39.8 Å². The number of rotatable bonds is 7. The van der Waals surface area contributed by atoms with Gasteiger partial charge in [0.05, 0.1) is 6.54 Å². The van der Waals surface area contributed by atoms with Crippen LogP contribution in [-0.2, 0) is 5.41 Å². The predicted octanol–water partition coefficient (Wildman–Crippen LogP) is 2.30. The lowest BCUT2D eigenvalue weighted by molar-refractivity contribution is -0.193. The number of alkyl halides is 3. The molecule has 31 heavy (non-hydrogen) atoms. The van der Waals surface area contributed by atoms with Crippen LogP contribution in [0.5, 0.6) is 0 Å². The second-order valence-corrected chi connectivity index (χ2v) is 7.44. The molecular formula is C20H23F3N6O2. The Kier molecular flexibility index (Phi) is 6.80. The number of likely N-dealkylation sites (tertiary alicyclic amines) is 1. The van der Waals surface area contributed by atoms with Crippen molar-refractivity contribution >= 4 is 6.03 Å². The monoisotopic (exact) mass is 436 g/mol. The Morgan fingerprint density at radius 1 is 1.42 bits per heavy atom. The number of hydrogen-bond acceptors (Lipinski definition) is 6. The number of amides is 2. The molecule has 0 bridgehead atoms. The SMILES string of the molecule is C#CCN(C)CCCNC(=O)N1CCC(c2nc(-c3ccncc3)no2)(C(F)(F)F)C1. The number of hydrogen-bond donors (Lipinski definition) is 1. The first-order chi connectivity index (χ1) is 14.8. The van der Waals surface area contributed by atoms with E-state index in [1.54, 1.807) is 12.1 Å². The molecule has 1 aliphatic heterocycles. The summed E-state index contributed by atoms with van der Waals surface area (Å²) in [4.78, 5) is 23.3. The molecule has 0 aromatic carbocycles. The van der Waals surface area contributed by atoms with E-state index in [-0.39, 0.29) is 18.8 Å². The molecule has 1 fully saturated rings. The van der Waals surface area contributed by atoms with Gasteiger partial charge in [-0.25, -0.2) is 4.79 Å². The van der Waals surface area contributed by atoms with E-state index in [9.17, 15) is 18.0 Å². The van der Waals surface area contributed by atoms with Crippen molar-refractivity contribution in [1.82, 2.24) is 30.2 Å². The van der Waals surface area contributed by atoms with Crippen molar-refractivity contribution in [3.05, 3.63) is 30.4 Å². The van der Waals surface area contributed by atoms with E-state index in [4.69, 9.17) is 10.9 Å². The van der Waals surface area contributed by atoms with Gasteiger partial charge in [-0.15, -0.1) is 6.42 Å². The maximum absolute atomic E-state index is 14.1. The lowest BCUT2D eigenvalue weighted by Crippen LogP contribution is -2.47. The third kappa shape index (κ3) is 4.96. The highest BCUT2D eigenvalue weighted by atomic mass is 19.4. The topological polar surface area (TPSA) is 87.4 Å². The molecule has 8 nitrogen and oxygen atoms in total. The molecule has 11 heteroatoms. The summed E-state index contributed by atoms with van der Waals surface area (Å²) in [5.74, 6) is 2.01. The molecular weight excluding hydrogens is 413 g/mol. The Balaban J connectivity index is 1.67. The van der Waals surface area contributed by atoms with Crippen molar-refractivity contribution in [3.8, 4) is 23.7 Å². The highest BCUT2D eigenvalue weighted by molar-refractivity contribution is 5.74. The molecule has 2 aromatic heterocycles. The molecule has 1 N–H and O–H groups in total. The lowest BCUT2D eigenvalue weighted by Gasteiger charge is -2.28. The van der Waals surface area contributed by atoms with Crippen LogP contribution >= 0.6 is 0 Å². The lowest BCUT2D eigenvalue weighted by atomic mass is 9.86.